The van der Waals surface area contributed by atoms with Crippen molar-refractivity contribution < 1.29 is 5.48 Å². The van der Waals surface area contributed by atoms with Gasteiger partial charge in [-0.15, -0.1) is 0 Å². The van der Waals surface area contributed by atoms with Gasteiger partial charge in [-0.3, -0.25) is 0 Å². The van der Waals surface area contributed by atoms with E-state index in [-0.39, 0.29) is 181 Å². The second-order valence-corrected chi connectivity index (χ2v) is 0. The van der Waals surface area contributed by atoms with Gasteiger partial charge in [-0.1, -0.05) is 0 Å². The Hall–Kier alpha value is 5.65. The van der Waals surface area contributed by atoms with E-state index >= 15 is 0 Å². The van der Waals surface area contributed by atoms with Crippen LogP contribution in [0.15, 0.2) is 0 Å². The average molecular weight is 311 g/mol. The predicted octanol–water partition coefficient (Wildman–Crippen LogP) is -3.95. The van der Waals surface area contributed by atoms with E-state index in [2.05, 4.69) is 0 Å². The van der Waals surface area contributed by atoms with Crippen LogP contribution in [0, 0.1) is 0 Å². The van der Waals surface area contributed by atoms with Crippen molar-refractivity contribution in [3.05, 3.63) is 0 Å². The Kier molecular flexibility index (Phi) is 141. The second-order valence-electron chi connectivity index (χ2n) is 0. The standard InChI is InChI=1S/Ba.K.Na.H2O.Sr.6H/h;;;1H2;;;;;;;. The molecule has 0 amide bonds. The van der Waals surface area contributed by atoms with E-state index in [0.29, 0.717) is 0 Å². The van der Waals surface area contributed by atoms with Crippen molar-refractivity contribution in [2.45, 2.75) is 0 Å². The van der Waals surface area contributed by atoms with Crippen molar-refractivity contribution in [3.63, 3.8) is 0 Å². The third-order valence-corrected chi connectivity index (χ3v) is 0. The van der Waals surface area contributed by atoms with Gasteiger partial charge >= 0.3 is 175 Å². The summed E-state index contributed by atoms with van der Waals surface area (Å²) in [6, 6.07) is 0. The van der Waals surface area contributed by atoms with Crippen molar-refractivity contribution in [3.8, 4) is 0 Å². The molecule has 0 saturated heterocycles. The van der Waals surface area contributed by atoms with Crippen LogP contribution < -0.4 is 0 Å². The van der Waals surface area contributed by atoms with E-state index in [9.17, 15) is 0 Å². The Morgan fingerprint density at radius 3 is 1.00 bits per heavy atom. The van der Waals surface area contributed by atoms with E-state index in [1.165, 1.54) is 0 Å². The first-order valence-corrected chi connectivity index (χ1v) is 0. The van der Waals surface area contributed by atoms with Crippen molar-refractivity contribution >= 4 is 175 Å². The topological polar surface area (TPSA) is 31.5 Å². The van der Waals surface area contributed by atoms with Crippen LogP contribution in [0.1, 0.15) is 0 Å². The molecule has 0 radical (unpaired) electrons. The SMILES string of the molecule is O.[BaH2].[KH].[NaH].[SrH2]. The van der Waals surface area contributed by atoms with Gasteiger partial charge in [0.05, 0.1) is 0 Å². The van der Waals surface area contributed by atoms with Gasteiger partial charge in [0.2, 0.25) is 0 Å². The molecule has 0 aromatic rings. The average Bonchev–Trinajstić information content (AvgIpc) is 0. The van der Waals surface area contributed by atoms with Gasteiger partial charge in [-0.2, -0.15) is 0 Å². The Bertz CT molecular complexity index is 11.6. The molecular formula is H8BaKNaOSr. The third-order valence-electron chi connectivity index (χ3n) is 0. The van der Waals surface area contributed by atoms with Gasteiger partial charge < -0.3 is 5.48 Å². The number of hydrogen-bond acceptors (Lipinski definition) is 0. The fraction of sp³-hybridized carbons (Fsp3) is 0. The molecule has 1 nitrogen and oxygen atoms in total. The number of hydrogen-bond donors (Lipinski definition) is 0. The molecule has 0 spiro atoms. The maximum atomic E-state index is 0. The summed E-state index contributed by atoms with van der Waals surface area (Å²) >= 11 is 0. The molecule has 0 fully saturated rings. The van der Waals surface area contributed by atoms with Gasteiger partial charge in [0.1, 0.15) is 0 Å². The molecule has 5 heteroatoms. The molecule has 0 aromatic carbocycles. The summed E-state index contributed by atoms with van der Waals surface area (Å²) in [5.41, 5.74) is 0. The maximum absolute atomic E-state index is 0. The summed E-state index contributed by atoms with van der Waals surface area (Å²) < 4.78 is 0. The Balaban J connectivity index is 0. The van der Waals surface area contributed by atoms with Crippen LogP contribution in [0.2, 0.25) is 0 Å². The second kappa shape index (κ2) is 22.6. The molecular weight excluding hydrogens is 303 g/mol. The van der Waals surface area contributed by atoms with Crippen LogP contribution in [-0.4, -0.2) is 181 Å². The first-order chi connectivity index (χ1) is 0. The van der Waals surface area contributed by atoms with Crippen LogP contribution in [0.4, 0.5) is 0 Å². The molecule has 2 N–H and O–H groups in total. The van der Waals surface area contributed by atoms with Gasteiger partial charge in [-0.25, -0.2) is 0 Å². The van der Waals surface area contributed by atoms with Gasteiger partial charge in [-0.05, 0) is 0 Å². The van der Waals surface area contributed by atoms with Crippen LogP contribution in [0.25, 0.3) is 0 Å². The molecule has 0 aromatic heterocycles. The molecule has 0 unspecified atom stereocenters. The molecule has 0 heterocycles. The fourth-order valence-corrected chi connectivity index (χ4v) is 0. The van der Waals surface area contributed by atoms with Gasteiger partial charge in [0.15, 0.2) is 0 Å². The molecule has 0 aliphatic rings. The van der Waals surface area contributed by atoms with Crippen molar-refractivity contribution in [2.24, 2.45) is 0 Å². The number of rotatable bonds is 0. The quantitative estimate of drug-likeness (QED) is 0.409. The third kappa shape index (κ3) is 17.7. The Morgan fingerprint density at radius 2 is 1.00 bits per heavy atom. The first-order valence-electron chi connectivity index (χ1n) is 0. The Labute approximate surface area is 174 Å². The van der Waals surface area contributed by atoms with E-state index in [1.807, 2.05) is 0 Å². The molecule has 0 aliphatic heterocycles. The van der Waals surface area contributed by atoms with Gasteiger partial charge in [0.25, 0.3) is 0 Å². The zero-order valence-corrected chi connectivity index (χ0v) is 0.500. The summed E-state index contributed by atoms with van der Waals surface area (Å²) in [6.45, 7) is 0. The summed E-state index contributed by atoms with van der Waals surface area (Å²) in [5, 5.41) is 0. The minimum absolute atomic E-state index is 0. The minimum atomic E-state index is 0. The Morgan fingerprint density at radius 1 is 1.00 bits per heavy atom. The molecule has 0 rings (SSSR count). The normalized spacial score (nSPS) is 0. The zero-order chi connectivity index (χ0) is 0. The van der Waals surface area contributed by atoms with Gasteiger partial charge in [0, 0.05) is 0 Å². The fourth-order valence-electron chi connectivity index (χ4n) is 0. The zero-order valence-electron chi connectivity index (χ0n) is 0.500. The van der Waals surface area contributed by atoms with Crippen molar-refractivity contribution in [1.29, 1.82) is 0 Å². The van der Waals surface area contributed by atoms with E-state index in [1.54, 1.807) is 0 Å². The van der Waals surface area contributed by atoms with Crippen LogP contribution in [0.5, 0.6) is 0 Å². The summed E-state index contributed by atoms with van der Waals surface area (Å²) in [6.07, 6.45) is 0. The predicted molar refractivity (Wildman–Crippen MR) is 35.0 cm³/mol. The summed E-state index contributed by atoms with van der Waals surface area (Å²) in [4.78, 5) is 0. The monoisotopic (exact) mass is 312 g/mol. The van der Waals surface area contributed by atoms with E-state index < -0.39 is 0 Å². The molecule has 5 heavy (non-hydrogen) atoms. The molecule has 0 aliphatic carbocycles. The van der Waals surface area contributed by atoms with E-state index in [4.69, 9.17) is 0 Å². The van der Waals surface area contributed by atoms with Crippen molar-refractivity contribution in [2.75, 3.05) is 0 Å². The molecule has 0 atom stereocenters. The van der Waals surface area contributed by atoms with Crippen LogP contribution >= 0.6 is 0 Å². The molecule has 0 saturated carbocycles. The summed E-state index contributed by atoms with van der Waals surface area (Å²) in [7, 11) is 0. The molecule has 0 bridgehead atoms. The van der Waals surface area contributed by atoms with Crippen LogP contribution in [-0.2, 0) is 0 Å². The van der Waals surface area contributed by atoms with E-state index in [0.717, 1.165) is 0 Å². The summed E-state index contributed by atoms with van der Waals surface area (Å²) in [5.74, 6) is 0. The molecule has 20 valence electrons. The van der Waals surface area contributed by atoms with Crippen LogP contribution in [0.3, 0.4) is 0 Å². The van der Waals surface area contributed by atoms with Crippen molar-refractivity contribution in [1.82, 2.24) is 0 Å². The first kappa shape index (κ1) is 31.1.